The summed E-state index contributed by atoms with van der Waals surface area (Å²) in [5.41, 5.74) is 1.31. The lowest BCUT2D eigenvalue weighted by Gasteiger charge is -2.09. The van der Waals surface area contributed by atoms with Crippen LogP contribution in [0.5, 0.6) is 0 Å². The Balaban J connectivity index is 1.84. The quantitative estimate of drug-likeness (QED) is 0.579. The van der Waals surface area contributed by atoms with E-state index in [-0.39, 0.29) is 0 Å². The lowest BCUT2D eigenvalue weighted by atomic mass is 10.1. The molecule has 0 aliphatic carbocycles. The molecule has 0 unspecified atom stereocenters. The number of hydrogen-bond acceptors (Lipinski definition) is 1. The molecular formula is C19H11Cl2F2NO. The summed E-state index contributed by atoms with van der Waals surface area (Å²) < 4.78 is 27.3. The average molecular weight is 378 g/mol. The van der Waals surface area contributed by atoms with E-state index in [1.165, 1.54) is 6.07 Å². The molecule has 0 aliphatic rings. The van der Waals surface area contributed by atoms with Gasteiger partial charge in [0.2, 0.25) is 0 Å². The van der Waals surface area contributed by atoms with Crippen molar-refractivity contribution in [3.63, 3.8) is 0 Å². The molecule has 0 radical (unpaired) electrons. The first kappa shape index (κ1) is 17.4. The highest BCUT2D eigenvalue weighted by Crippen LogP contribution is 2.31. The fraction of sp³-hybridized carbons (Fsp3) is 0. The molecule has 0 spiro atoms. The van der Waals surface area contributed by atoms with E-state index in [0.29, 0.717) is 15.7 Å². The summed E-state index contributed by atoms with van der Waals surface area (Å²) >= 11 is 12.1. The van der Waals surface area contributed by atoms with Crippen molar-refractivity contribution in [2.45, 2.75) is 0 Å². The molecule has 0 atom stereocenters. The Morgan fingerprint density at radius 2 is 1.52 bits per heavy atom. The first-order valence-electron chi connectivity index (χ1n) is 7.26. The minimum absolute atomic E-state index is 0.398. The average Bonchev–Trinajstić information content (AvgIpc) is 2.58. The minimum Gasteiger partial charge on any atom is -0.322 e. The molecule has 6 heteroatoms. The third-order valence-electron chi connectivity index (χ3n) is 3.57. The molecule has 1 amide bonds. The topological polar surface area (TPSA) is 29.1 Å². The van der Waals surface area contributed by atoms with Crippen molar-refractivity contribution in [3.05, 3.63) is 87.9 Å². The Hall–Kier alpha value is -2.43. The lowest BCUT2D eigenvalue weighted by molar-refractivity contribution is 0.101. The molecule has 126 valence electrons. The fourth-order valence-corrected chi connectivity index (χ4v) is 2.76. The molecule has 3 aromatic rings. The van der Waals surface area contributed by atoms with Gasteiger partial charge in [-0.05, 0) is 48.0 Å². The van der Waals surface area contributed by atoms with Gasteiger partial charge in [-0.25, -0.2) is 8.78 Å². The van der Waals surface area contributed by atoms with E-state index in [1.807, 2.05) is 0 Å². The zero-order valence-electron chi connectivity index (χ0n) is 12.7. The van der Waals surface area contributed by atoms with Crippen LogP contribution in [0.1, 0.15) is 10.4 Å². The molecule has 25 heavy (non-hydrogen) atoms. The van der Waals surface area contributed by atoms with Crippen molar-refractivity contribution in [1.29, 1.82) is 0 Å². The van der Waals surface area contributed by atoms with E-state index < -0.39 is 23.1 Å². The van der Waals surface area contributed by atoms with E-state index in [2.05, 4.69) is 5.32 Å². The Labute approximate surface area is 153 Å². The predicted octanol–water partition coefficient (Wildman–Crippen LogP) is 6.19. The molecule has 1 N–H and O–H groups in total. The zero-order valence-corrected chi connectivity index (χ0v) is 14.2. The van der Waals surface area contributed by atoms with Crippen LogP contribution in [0, 0.1) is 11.6 Å². The summed E-state index contributed by atoms with van der Waals surface area (Å²) in [5, 5.41) is 3.55. The maximum atomic E-state index is 13.6. The number of benzene rings is 3. The predicted molar refractivity (Wildman–Crippen MR) is 96.2 cm³/mol. The summed E-state index contributed by atoms with van der Waals surface area (Å²) in [6, 6.07) is 15.0. The zero-order chi connectivity index (χ0) is 18.0. The monoisotopic (exact) mass is 377 g/mol. The molecule has 0 heterocycles. The molecular weight excluding hydrogens is 367 g/mol. The SMILES string of the molecule is O=C(Nc1ccc(-c2cc(Cl)ccc2Cl)cc1)c1c(F)cccc1F. The molecule has 0 saturated heterocycles. The Morgan fingerprint density at radius 1 is 0.880 bits per heavy atom. The molecule has 3 rings (SSSR count). The highest BCUT2D eigenvalue weighted by molar-refractivity contribution is 6.35. The first-order valence-corrected chi connectivity index (χ1v) is 8.02. The van der Waals surface area contributed by atoms with Crippen LogP contribution in [0.4, 0.5) is 14.5 Å². The lowest BCUT2D eigenvalue weighted by Crippen LogP contribution is -2.15. The largest absolute Gasteiger partial charge is 0.322 e. The normalized spacial score (nSPS) is 10.6. The minimum atomic E-state index is -0.917. The highest BCUT2D eigenvalue weighted by Gasteiger charge is 2.17. The summed E-state index contributed by atoms with van der Waals surface area (Å²) in [4.78, 5) is 12.1. The number of halogens is 4. The number of carbonyl (C=O) groups is 1. The van der Waals surface area contributed by atoms with Gasteiger partial charge in [-0.15, -0.1) is 0 Å². The molecule has 0 saturated carbocycles. The number of nitrogens with one attached hydrogen (secondary N) is 1. The third-order valence-corrected chi connectivity index (χ3v) is 4.14. The van der Waals surface area contributed by atoms with Crippen molar-refractivity contribution in [3.8, 4) is 11.1 Å². The van der Waals surface area contributed by atoms with Crippen LogP contribution in [0.3, 0.4) is 0 Å². The van der Waals surface area contributed by atoms with E-state index in [1.54, 1.807) is 42.5 Å². The second kappa shape index (κ2) is 7.21. The van der Waals surface area contributed by atoms with Crippen molar-refractivity contribution in [1.82, 2.24) is 0 Å². The van der Waals surface area contributed by atoms with Crippen molar-refractivity contribution >= 4 is 34.8 Å². The smallest absolute Gasteiger partial charge is 0.261 e. The van der Waals surface area contributed by atoms with E-state index in [9.17, 15) is 13.6 Å². The maximum absolute atomic E-state index is 13.6. The fourth-order valence-electron chi connectivity index (χ4n) is 2.36. The van der Waals surface area contributed by atoms with E-state index in [0.717, 1.165) is 23.3 Å². The molecule has 0 fully saturated rings. The summed E-state index contributed by atoms with van der Waals surface area (Å²) in [7, 11) is 0. The summed E-state index contributed by atoms with van der Waals surface area (Å²) in [6.07, 6.45) is 0. The van der Waals surface area contributed by atoms with Gasteiger partial charge in [0, 0.05) is 21.3 Å². The molecule has 0 aliphatic heterocycles. The third kappa shape index (κ3) is 3.81. The van der Waals surface area contributed by atoms with Crippen molar-refractivity contribution in [2.75, 3.05) is 5.32 Å². The molecule has 0 bridgehead atoms. The number of rotatable bonds is 3. The summed E-state index contributed by atoms with van der Waals surface area (Å²) in [6.45, 7) is 0. The summed E-state index contributed by atoms with van der Waals surface area (Å²) in [5.74, 6) is -2.69. The van der Waals surface area contributed by atoms with Gasteiger partial charge in [-0.3, -0.25) is 4.79 Å². The van der Waals surface area contributed by atoms with Crippen LogP contribution in [-0.2, 0) is 0 Å². The van der Waals surface area contributed by atoms with Gasteiger partial charge < -0.3 is 5.32 Å². The maximum Gasteiger partial charge on any atom is 0.261 e. The number of amides is 1. The van der Waals surface area contributed by atoms with Gasteiger partial charge >= 0.3 is 0 Å². The number of hydrogen-bond donors (Lipinski definition) is 1. The van der Waals surface area contributed by atoms with Gasteiger partial charge in [0.15, 0.2) is 0 Å². The van der Waals surface area contributed by atoms with Crippen LogP contribution in [0.15, 0.2) is 60.7 Å². The second-order valence-corrected chi connectivity index (χ2v) is 6.10. The van der Waals surface area contributed by atoms with Gasteiger partial charge in [-0.2, -0.15) is 0 Å². The van der Waals surface area contributed by atoms with Crippen LogP contribution >= 0.6 is 23.2 Å². The molecule has 2 nitrogen and oxygen atoms in total. The van der Waals surface area contributed by atoms with E-state index >= 15 is 0 Å². The number of carbonyl (C=O) groups excluding carboxylic acids is 1. The Bertz CT molecular complexity index is 922. The van der Waals surface area contributed by atoms with E-state index in [4.69, 9.17) is 23.2 Å². The number of anilines is 1. The van der Waals surface area contributed by atoms with Crippen LogP contribution in [0.25, 0.3) is 11.1 Å². The highest BCUT2D eigenvalue weighted by atomic mass is 35.5. The Kier molecular flexibility index (Phi) is 5.02. The van der Waals surface area contributed by atoms with Crippen LogP contribution in [0.2, 0.25) is 10.0 Å². The van der Waals surface area contributed by atoms with Gasteiger partial charge in [0.1, 0.15) is 17.2 Å². The van der Waals surface area contributed by atoms with Crippen LogP contribution in [-0.4, -0.2) is 5.91 Å². The second-order valence-electron chi connectivity index (χ2n) is 5.25. The van der Waals surface area contributed by atoms with Gasteiger partial charge in [0.05, 0.1) is 0 Å². The Morgan fingerprint density at radius 3 is 2.16 bits per heavy atom. The van der Waals surface area contributed by atoms with Gasteiger partial charge in [-0.1, -0.05) is 41.4 Å². The first-order chi connectivity index (χ1) is 12.0. The van der Waals surface area contributed by atoms with Crippen molar-refractivity contribution in [2.24, 2.45) is 0 Å². The molecule has 3 aromatic carbocycles. The molecule has 0 aromatic heterocycles. The van der Waals surface area contributed by atoms with Crippen molar-refractivity contribution < 1.29 is 13.6 Å². The van der Waals surface area contributed by atoms with Gasteiger partial charge in [0.25, 0.3) is 5.91 Å². The van der Waals surface area contributed by atoms with Crippen LogP contribution < -0.4 is 5.32 Å². The standard InChI is InChI=1S/C19H11Cl2F2NO/c20-12-6-9-15(21)14(10-12)11-4-7-13(8-5-11)24-19(25)18-16(22)2-1-3-17(18)23/h1-10H,(H,24,25).